The Labute approximate surface area is 154 Å². The molecule has 1 heterocycles. The number of guanidine groups is 1. The number of hydrogen-bond donors (Lipinski definition) is 3. The van der Waals surface area contributed by atoms with Crippen molar-refractivity contribution in [2.75, 3.05) is 19.6 Å². The van der Waals surface area contributed by atoms with Gasteiger partial charge in [0.15, 0.2) is 5.96 Å². The highest BCUT2D eigenvalue weighted by Gasteiger charge is 2.05. The number of benzene rings is 1. The number of nitrogens with zero attached hydrogens (tertiary/aromatic N) is 1. The van der Waals surface area contributed by atoms with E-state index in [2.05, 4.69) is 41.4 Å². The van der Waals surface area contributed by atoms with Crippen LogP contribution in [0.1, 0.15) is 26.3 Å². The van der Waals surface area contributed by atoms with Crippen LogP contribution < -0.4 is 10.6 Å². The molecule has 1 aromatic heterocycles. The molecule has 0 aliphatic rings. The van der Waals surface area contributed by atoms with Crippen LogP contribution in [0.2, 0.25) is 0 Å². The number of halogens is 2. The number of hydrogen-bond acceptors (Lipinski definition) is 1. The van der Waals surface area contributed by atoms with Crippen molar-refractivity contribution in [3.63, 3.8) is 0 Å². The van der Waals surface area contributed by atoms with Gasteiger partial charge in [0.1, 0.15) is 5.82 Å². The van der Waals surface area contributed by atoms with Crippen LogP contribution in [-0.4, -0.2) is 30.6 Å². The first kappa shape index (κ1) is 19.7. The summed E-state index contributed by atoms with van der Waals surface area (Å²) < 4.78 is 13.2. The first-order valence-corrected chi connectivity index (χ1v) is 7.87. The van der Waals surface area contributed by atoms with Crippen molar-refractivity contribution in [3.05, 3.63) is 35.8 Å². The van der Waals surface area contributed by atoms with Gasteiger partial charge in [-0.15, -0.1) is 24.0 Å². The molecule has 2 rings (SSSR count). The van der Waals surface area contributed by atoms with Crippen molar-refractivity contribution in [1.82, 2.24) is 15.6 Å². The predicted octanol–water partition coefficient (Wildman–Crippen LogP) is 3.68. The van der Waals surface area contributed by atoms with E-state index in [9.17, 15) is 4.39 Å². The third-order valence-corrected chi connectivity index (χ3v) is 3.38. The Bertz CT molecular complexity index is 637. The van der Waals surface area contributed by atoms with E-state index < -0.39 is 0 Å². The third-order valence-electron chi connectivity index (χ3n) is 3.38. The highest BCUT2D eigenvalue weighted by molar-refractivity contribution is 14.0. The number of fused-ring (bicyclic) bond motifs is 1. The summed E-state index contributed by atoms with van der Waals surface area (Å²) >= 11 is 0. The normalized spacial score (nSPS) is 11.6. The smallest absolute Gasteiger partial charge is 0.191 e. The maximum absolute atomic E-state index is 13.2. The van der Waals surface area contributed by atoms with Crippen molar-refractivity contribution >= 4 is 40.8 Å². The van der Waals surface area contributed by atoms with Gasteiger partial charge < -0.3 is 15.6 Å². The fourth-order valence-electron chi connectivity index (χ4n) is 2.30. The summed E-state index contributed by atoms with van der Waals surface area (Å²) in [6.45, 7) is 8.79. The molecule has 0 aliphatic heterocycles. The zero-order valence-electron chi connectivity index (χ0n) is 13.9. The predicted molar refractivity (Wildman–Crippen MR) is 106 cm³/mol. The van der Waals surface area contributed by atoms with Gasteiger partial charge in [-0.2, -0.15) is 0 Å². The minimum Gasteiger partial charge on any atom is -0.361 e. The Kier molecular flexibility index (Phi) is 8.36. The molecule has 0 spiro atoms. The lowest BCUT2D eigenvalue weighted by Crippen LogP contribution is -2.38. The Morgan fingerprint density at radius 2 is 2.09 bits per heavy atom. The average Bonchev–Trinajstić information content (AvgIpc) is 2.87. The van der Waals surface area contributed by atoms with Crippen LogP contribution in [0.15, 0.2) is 29.4 Å². The van der Waals surface area contributed by atoms with E-state index in [1.807, 2.05) is 12.3 Å². The second-order valence-corrected chi connectivity index (χ2v) is 5.79. The van der Waals surface area contributed by atoms with Crippen LogP contribution in [-0.2, 0) is 6.42 Å². The molecule has 0 saturated heterocycles. The molecule has 23 heavy (non-hydrogen) atoms. The fraction of sp³-hybridized carbons (Fsp3) is 0.471. The molecule has 0 amide bonds. The Balaban J connectivity index is 0.00000264. The summed E-state index contributed by atoms with van der Waals surface area (Å²) in [5, 5.41) is 7.66. The van der Waals surface area contributed by atoms with Gasteiger partial charge in [0.2, 0.25) is 0 Å². The van der Waals surface area contributed by atoms with Crippen molar-refractivity contribution in [2.24, 2.45) is 10.9 Å². The summed E-state index contributed by atoms with van der Waals surface area (Å²) in [6, 6.07) is 4.86. The number of aliphatic imine (C=N–C) groups is 1. The van der Waals surface area contributed by atoms with E-state index in [1.165, 1.54) is 17.7 Å². The van der Waals surface area contributed by atoms with Crippen LogP contribution in [0.25, 0.3) is 10.9 Å². The molecule has 2 aromatic rings. The van der Waals surface area contributed by atoms with E-state index in [1.54, 1.807) is 0 Å². The number of aromatic nitrogens is 1. The van der Waals surface area contributed by atoms with E-state index in [0.717, 1.165) is 42.9 Å². The fourth-order valence-corrected chi connectivity index (χ4v) is 2.30. The minimum atomic E-state index is -0.214. The van der Waals surface area contributed by atoms with Crippen molar-refractivity contribution in [1.29, 1.82) is 0 Å². The third kappa shape index (κ3) is 6.01. The molecule has 0 saturated carbocycles. The maximum atomic E-state index is 13.2. The van der Waals surface area contributed by atoms with Crippen molar-refractivity contribution < 1.29 is 4.39 Å². The van der Waals surface area contributed by atoms with Gasteiger partial charge in [-0.3, -0.25) is 4.99 Å². The quantitative estimate of drug-likeness (QED) is 0.371. The lowest BCUT2D eigenvalue weighted by molar-refractivity contribution is 0.629. The Hall–Kier alpha value is -1.31. The Morgan fingerprint density at radius 1 is 1.30 bits per heavy atom. The second kappa shape index (κ2) is 9.75. The summed E-state index contributed by atoms with van der Waals surface area (Å²) in [6.07, 6.45) is 2.81. The molecular formula is C17H26FIN4. The Morgan fingerprint density at radius 3 is 2.78 bits per heavy atom. The maximum Gasteiger partial charge on any atom is 0.191 e. The van der Waals surface area contributed by atoms with Crippen LogP contribution in [0.5, 0.6) is 0 Å². The van der Waals surface area contributed by atoms with E-state index in [-0.39, 0.29) is 29.8 Å². The zero-order valence-corrected chi connectivity index (χ0v) is 16.3. The van der Waals surface area contributed by atoms with Gasteiger partial charge in [0, 0.05) is 36.7 Å². The van der Waals surface area contributed by atoms with Crippen LogP contribution in [0.4, 0.5) is 4.39 Å². The van der Waals surface area contributed by atoms with Gasteiger partial charge in [0.25, 0.3) is 0 Å². The largest absolute Gasteiger partial charge is 0.361 e. The highest BCUT2D eigenvalue weighted by Crippen LogP contribution is 2.19. The molecule has 0 fully saturated rings. The van der Waals surface area contributed by atoms with Gasteiger partial charge in [-0.25, -0.2) is 4.39 Å². The first-order chi connectivity index (χ1) is 10.6. The van der Waals surface area contributed by atoms with Crippen LogP contribution >= 0.6 is 24.0 Å². The van der Waals surface area contributed by atoms with Crippen LogP contribution in [0, 0.1) is 11.7 Å². The van der Waals surface area contributed by atoms with E-state index in [0.29, 0.717) is 5.92 Å². The van der Waals surface area contributed by atoms with Gasteiger partial charge in [-0.1, -0.05) is 13.8 Å². The molecule has 0 atom stereocenters. The van der Waals surface area contributed by atoms with E-state index in [4.69, 9.17) is 0 Å². The van der Waals surface area contributed by atoms with Crippen LogP contribution in [0.3, 0.4) is 0 Å². The summed E-state index contributed by atoms with van der Waals surface area (Å²) in [5.41, 5.74) is 2.03. The molecule has 6 heteroatoms. The van der Waals surface area contributed by atoms with Gasteiger partial charge in [-0.05, 0) is 43.0 Å². The van der Waals surface area contributed by atoms with Crippen molar-refractivity contribution in [3.8, 4) is 0 Å². The van der Waals surface area contributed by atoms with Gasteiger partial charge in [0.05, 0.1) is 0 Å². The summed E-state index contributed by atoms with van der Waals surface area (Å²) in [4.78, 5) is 7.66. The average molecular weight is 432 g/mol. The second-order valence-electron chi connectivity index (χ2n) is 5.79. The first-order valence-electron chi connectivity index (χ1n) is 7.87. The lowest BCUT2D eigenvalue weighted by Gasteiger charge is -2.11. The zero-order chi connectivity index (χ0) is 15.9. The monoisotopic (exact) mass is 432 g/mol. The van der Waals surface area contributed by atoms with Gasteiger partial charge >= 0.3 is 0 Å². The molecule has 0 bridgehead atoms. The topological polar surface area (TPSA) is 52.2 Å². The highest BCUT2D eigenvalue weighted by atomic mass is 127. The standard InChI is InChI=1S/C17H25FN4.HI/c1-4-19-17(22-10-12(2)3)20-8-7-13-11-21-16-9-14(18)5-6-15(13)16;/h5-6,9,11-12,21H,4,7-8,10H2,1-3H3,(H2,19,20,22);1H. The van der Waals surface area contributed by atoms with Crippen molar-refractivity contribution in [2.45, 2.75) is 27.2 Å². The number of H-pyrrole nitrogens is 1. The molecule has 0 unspecified atom stereocenters. The lowest BCUT2D eigenvalue weighted by atomic mass is 10.1. The molecule has 4 nitrogen and oxygen atoms in total. The molecule has 0 aliphatic carbocycles. The summed E-state index contributed by atoms with van der Waals surface area (Å²) in [7, 11) is 0. The number of aromatic amines is 1. The molecular weight excluding hydrogens is 406 g/mol. The van der Waals surface area contributed by atoms with E-state index >= 15 is 0 Å². The molecule has 3 N–H and O–H groups in total. The minimum absolute atomic E-state index is 0. The number of nitrogens with one attached hydrogen (secondary N) is 3. The summed E-state index contributed by atoms with van der Waals surface area (Å²) in [5.74, 6) is 1.18. The number of rotatable bonds is 6. The molecule has 0 radical (unpaired) electrons. The molecule has 128 valence electrons. The molecule has 1 aromatic carbocycles. The SMILES string of the molecule is CCNC(=NCC(C)C)NCCc1c[nH]c2cc(F)ccc12.I.